The first-order valence-electron chi connectivity index (χ1n) is 3.95. The van der Waals surface area contributed by atoms with E-state index in [1.54, 1.807) is 0 Å². The minimum Gasteiger partial charge on any atom is -0.273 e. The van der Waals surface area contributed by atoms with E-state index >= 15 is 0 Å². The fourth-order valence-corrected chi connectivity index (χ4v) is 1.70. The van der Waals surface area contributed by atoms with Crippen molar-refractivity contribution in [1.29, 1.82) is 0 Å². The van der Waals surface area contributed by atoms with Crippen LogP contribution in [0.4, 0.5) is 0 Å². The van der Waals surface area contributed by atoms with E-state index in [1.165, 1.54) is 0 Å². The summed E-state index contributed by atoms with van der Waals surface area (Å²) < 4.78 is 0.993. The van der Waals surface area contributed by atoms with Crippen LogP contribution in [0, 0.1) is 0 Å². The molecule has 2 rings (SSSR count). The summed E-state index contributed by atoms with van der Waals surface area (Å²) in [6.07, 6.45) is 0.251. The monoisotopic (exact) mass is 241 g/mol. The molecule has 0 aliphatic carbocycles. The van der Waals surface area contributed by atoms with E-state index in [9.17, 15) is 4.79 Å². The van der Waals surface area contributed by atoms with Crippen LogP contribution in [0.2, 0.25) is 0 Å². The first-order chi connectivity index (χ1) is 6.25. The molecule has 1 amide bonds. The Balaban J connectivity index is 2.21. The summed E-state index contributed by atoms with van der Waals surface area (Å²) in [4.78, 5) is 15.9. The van der Waals surface area contributed by atoms with Gasteiger partial charge >= 0.3 is 0 Å². The highest BCUT2D eigenvalue weighted by molar-refractivity contribution is 9.10. The predicted octanol–water partition coefficient (Wildman–Crippen LogP) is 1.94. The molecule has 0 aromatic heterocycles. The summed E-state index contributed by atoms with van der Waals surface area (Å²) in [6, 6.07) is 7.75. The second kappa shape index (κ2) is 3.47. The lowest BCUT2D eigenvalue weighted by Crippen LogP contribution is -2.11. The minimum absolute atomic E-state index is 0.0648. The average Bonchev–Trinajstić information content (AvgIpc) is 2.52. The van der Waals surface area contributed by atoms with Crippen molar-refractivity contribution in [2.75, 3.05) is 0 Å². The predicted molar refractivity (Wildman–Crippen MR) is 50.7 cm³/mol. The van der Waals surface area contributed by atoms with E-state index < -0.39 is 0 Å². The summed E-state index contributed by atoms with van der Waals surface area (Å²) in [6.45, 7) is 0. The van der Waals surface area contributed by atoms with Crippen LogP contribution in [0.25, 0.3) is 0 Å². The van der Waals surface area contributed by atoms with Gasteiger partial charge in [0.25, 0.3) is 0 Å². The molecule has 0 saturated carbocycles. The summed E-state index contributed by atoms with van der Waals surface area (Å²) in [5.41, 5.74) is 3.34. The quantitative estimate of drug-likeness (QED) is 0.817. The van der Waals surface area contributed by atoms with Crippen LogP contribution in [-0.4, -0.2) is 5.91 Å². The van der Waals surface area contributed by atoms with Gasteiger partial charge in [-0.2, -0.15) is 0 Å². The smallest absolute Gasteiger partial charge is 0.246 e. The summed E-state index contributed by atoms with van der Waals surface area (Å²) in [5.74, 6) is -0.0648. The number of hydrogen-bond donors (Lipinski definition) is 1. The number of halogens is 1. The molecule has 1 heterocycles. The number of rotatable bonds is 1. The number of hydrogen-bond acceptors (Lipinski definition) is 2. The van der Waals surface area contributed by atoms with Crippen LogP contribution in [0.1, 0.15) is 18.1 Å². The Hall–Kier alpha value is -0.870. The first kappa shape index (κ1) is 8.72. The van der Waals surface area contributed by atoms with Gasteiger partial charge in [-0.25, -0.2) is 5.48 Å². The molecule has 1 fully saturated rings. The van der Waals surface area contributed by atoms with Gasteiger partial charge in [0.15, 0.2) is 0 Å². The lowest BCUT2D eigenvalue weighted by Gasteiger charge is -2.06. The van der Waals surface area contributed by atoms with Crippen LogP contribution in [-0.2, 0) is 9.63 Å². The summed E-state index contributed by atoms with van der Waals surface area (Å²) >= 11 is 3.36. The number of benzene rings is 1. The topological polar surface area (TPSA) is 38.3 Å². The van der Waals surface area contributed by atoms with Gasteiger partial charge in [0.05, 0.1) is 6.42 Å². The second-order valence-corrected chi connectivity index (χ2v) is 3.81. The maximum atomic E-state index is 10.9. The Bertz CT molecular complexity index is 340. The van der Waals surface area contributed by atoms with Gasteiger partial charge in [-0.1, -0.05) is 28.1 Å². The Kier molecular flexibility index (Phi) is 2.33. The fourth-order valence-electron chi connectivity index (χ4n) is 1.28. The minimum atomic E-state index is -0.148. The second-order valence-electron chi connectivity index (χ2n) is 2.89. The Labute approximate surface area is 84.2 Å². The number of amides is 1. The van der Waals surface area contributed by atoms with Gasteiger partial charge in [0.2, 0.25) is 5.91 Å². The van der Waals surface area contributed by atoms with Crippen LogP contribution in [0.15, 0.2) is 28.7 Å². The first-order valence-corrected chi connectivity index (χ1v) is 4.75. The van der Waals surface area contributed by atoms with Gasteiger partial charge in [-0.15, -0.1) is 0 Å². The van der Waals surface area contributed by atoms with Crippen molar-refractivity contribution in [2.45, 2.75) is 12.5 Å². The third-order valence-electron chi connectivity index (χ3n) is 1.91. The molecule has 4 heteroatoms. The Morgan fingerprint density at radius 3 is 3.00 bits per heavy atom. The molecule has 1 N–H and O–H groups in total. The lowest BCUT2D eigenvalue weighted by molar-refractivity contribution is -0.124. The molecule has 1 unspecified atom stereocenters. The third-order valence-corrected chi connectivity index (χ3v) is 2.40. The normalized spacial score (nSPS) is 21.6. The van der Waals surface area contributed by atoms with Crippen molar-refractivity contribution < 1.29 is 9.63 Å². The molecule has 0 bridgehead atoms. The maximum Gasteiger partial charge on any atom is 0.246 e. The molecule has 13 heavy (non-hydrogen) atoms. The van der Waals surface area contributed by atoms with E-state index in [-0.39, 0.29) is 12.0 Å². The third kappa shape index (κ3) is 1.89. The Morgan fingerprint density at radius 2 is 2.38 bits per heavy atom. The molecule has 68 valence electrons. The van der Waals surface area contributed by atoms with Crippen LogP contribution in [0.5, 0.6) is 0 Å². The van der Waals surface area contributed by atoms with Crippen molar-refractivity contribution in [3.05, 3.63) is 34.3 Å². The lowest BCUT2D eigenvalue weighted by atomic mass is 10.1. The van der Waals surface area contributed by atoms with Gasteiger partial charge in [-0.3, -0.25) is 9.63 Å². The molecule has 1 aromatic carbocycles. The van der Waals surface area contributed by atoms with Crippen molar-refractivity contribution >= 4 is 21.8 Å². The van der Waals surface area contributed by atoms with E-state index in [0.29, 0.717) is 6.42 Å². The highest BCUT2D eigenvalue weighted by Crippen LogP contribution is 2.26. The van der Waals surface area contributed by atoms with E-state index in [2.05, 4.69) is 21.4 Å². The van der Waals surface area contributed by atoms with Crippen LogP contribution < -0.4 is 5.48 Å². The van der Waals surface area contributed by atoms with Crippen molar-refractivity contribution in [3.63, 3.8) is 0 Å². The highest BCUT2D eigenvalue weighted by atomic mass is 79.9. The molecular weight excluding hydrogens is 234 g/mol. The molecule has 0 spiro atoms. The number of hydroxylamine groups is 1. The number of carbonyl (C=O) groups excluding carboxylic acids is 1. The van der Waals surface area contributed by atoms with Crippen molar-refractivity contribution in [2.24, 2.45) is 0 Å². The zero-order valence-corrected chi connectivity index (χ0v) is 8.37. The largest absolute Gasteiger partial charge is 0.273 e. The molecule has 3 nitrogen and oxygen atoms in total. The molecular formula is C9H8BrNO2. The van der Waals surface area contributed by atoms with Gasteiger partial charge in [0.1, 0.15) is 6.10 Å². The van der Waals surface area contributed by atoms with Crippen LogP contribution >= 0.6 is 15.9 Å². The summed E-state index contributed by atoms with van der Waals surface area (Å²) in [5, 5.41) is 0. The Morgan fingerprint density at radius 1 is 1.54 bits per heavy atom. The fraction of sp³-hybridized carbons (Fsp3) is 0.222. The highest BCUT2D eigenvalue weighted by Gasteiger charge is 2.24. The van der Waals surface area contributed by atoms with Crippen LogP contribution in [0.3, 0.4) is 0 Å². The molecule has 1 aliphatic heterocycles. The SMILES string of the molecule is O=C1CC(c2cccc(Br)c2)ON1. The molecule has 0 radical (unpaired) electrons. The van der Waals surface area contributed by atoms with Gasteiger partial charge in [0, 0.05) is 4.47 Å². The average molecular weight is 242 g/mol. The number of carbonyl (C=O) groups is 1. The van der Waals surface area contributed by atoms with E-state index in [0.717, 1.165) is 10.0 Å². The maximum absolute atomic E-state index is 10.9. The molecule has 1 atom stereocenters. The standard InChI is InChI=1S/C9H8BrNO2/c10-7-3-1-2-6(4-7)8-5-9(12)11-13-8/h1-4,8H,5H2,(H,11,12). The van der Waals surface area contributed by atoms with E-state index in [1.807, 2.05) is 24.3 Å². The van der Waals surface area contributed by atoms with Gasteiger partial charge < -0.3 is 0 Å². The van der Waals surface area contributed by atoms with E-state index in [4.69, 9.17) is 4.84 Å². The van der Waals surface area contributed by atoms with Crippen molar-refractivity contribution in [1.82, 2.24) is 5.48 Å². The molecule has 1 aliphatic rings. The molecule has 1 aromatic rings. The zero-order valence-electron chi connectivity index (χ0n) is 6.79. The zero-order chi connectivity index (χ0) is 9.26. The number of nitrogens with one attached hydrogen (secondary N) is 1. The van der Waals surface area contributed by atoms with Gasteiger partial charge in [-0.05, 0) is 17.7 Å². The molecule has 1 saturated heterocycles. The van der Waals surface area contributed by atoms with Crippen molar-refractivity contribution in [3.8, 4) is 0 Å². The summed E-state index contributed by atoms with van der Waals surface area (Å²) in [7, 11) is 0.